The fourth-order valence-electron chi connectivity index (χ4n) is 2.26. The molecule has 0 saturated heterocycles. The smallest absolute Gasteiger partial charge is 0.150 e. The summed E-state index contributed by atoms with van der Waals surface area (Å²) in [6.45, 7) is 5.22. The summed E-state index contributed by atoms with van der Waals surface area (Å²) in [6.07, 6.45) is 2.21. The molecule has 0 aliphatic rings. The van der Waals surface area contributed by atoms with Gasteiger partial charge in [0.1, 0.15) is 5.82 Å². The molecule has 2 rings (SSSR count). The average molecular weight is 312 g/mol. The highest BCUT2D eigenvalue weighted by atomic mass is 35.5. The highest BCUT2D eigenvalue weighted by Crippen LogP contribution is 2.35. The number of thiophene rings is 1. The molecule has 1 heterocycles. The summed E-state index contributed by atoms with van der Waals surface area (Å²) in [7, 11) is 0. The molecule has 2 aromatic rings. The van der Waals surface area contributed by atoms with Crippen LogP contribution in [0, 0.1) is 5.82 Å². The third-order valence-electron chi connectivity index (χ3n) is 3.22. The van der Waals surface area contributed by atoms with Crippen molar-refractivity contribution in [2.45, 2.75) is 32.7 Å². The molecule has 0 amide bonds. The van der Waals surface area contributed by atoms with Gasteiger partial charge in [-0.3, -0.25) is 0 Å². The molecule has 4 heteroatoms. The van der Waals surface area contributed by atoms with Crippen LogP contribution >= 0.6 is 22.9 Å². The second kappa shape index (κ2) is 7.21. The molecule has 108 valence electrons. The predicted molar refractivity (Wildman–Crippen MR) is 86.0 cm³/mol. The van der Waals surface area contributed by atoms with Gasteiger partial charge in [-0.2, -0.15) is 0 Å². The molecule has 1 aromatic carbocycles. The van der Waals surface area contributed by atoms with Gasteiger partial charge in [0, 0.05) is 21.4 Å². The average Bonchev–Trinajstić information content (AvgIpc) is 2.91. The summed E-state index contributed by atoms with van der Waals surface area (Å²) in [5, 5.41) is 3.66. The molecule has 20 heavy (non-hydrogen) atoms. The fraction of sp³-hybridized carbons (Fsp3) is 0.375. The van der Waals surface area contributed by atoms with Crippen molar-refractivity contribution in [2.75, 3.05) is 6.54 Å². The monoisotopic (exact) mass is 311 g/mol. The van der Waals surface area contributed by atoms with Crippen LogP contribution in [-0.4, -0.2) is 6.54 Å². The van der Waals surface area contributed by atoms with E-state index in [0.717, 1.165) is 24.3 Å². The Morgan fingerprint density at radius 1 is 1.25 bits per heavy atom. The number of hydrogen-bond donors (Lipinski definition) is 1. The first kappa shape index (κ1) is 15.5. The Kier molecular flexibility index (Phi) is 5.58. The lowest BCUT2D eigenvalue weighted by atomic mass is 10.1. The molecule has 1 unspecified atom stereocenters. The van der Waals surface area contributed by atoms with Crippen LogP contribution in [0.4, 0.5) is 4.39 Å². The molecule has 0 spiro atoms. The van der Waals surface area contributed by atoms with Crippen molar-refractivity contribution >= 4 is 22.9 Å². The van der Waals surface area contributed by atoms with Crippen LogP contribution in [0.25, 0.3) is 10.4 Å². The van der Waals surface area contributed by atoms with Gasteiger partial charge in [0.15, 0.2) is 0 Å². The summed E-state index contributed by atoms with van der Waals surface area (Å²) in [5.74, 6) is -0.335. The maximum atomic E-state index is 14.1. The first-order chi connectivity index (χ1) is 9.67. The Morgan fingerprint density at radius 3 is 2.75 bits per heavy atom. The van der Waals surface area contributed by atoms with Crippen LogP contribution in [0.2, 0.25) is 5.02 Å². The van der Waals surface area contributed by atoms with Crippen molar-refractivity contribution in [3.8, 4) is 10.4 Å². The molecule has 0 fully saturated rings. The number of hydrogen-bond acceptors (Lipinski definition) is 2. The molecule has 0 aliphatic heterocycles. The third kappa shape index (κ3) is 3.40. The minimum absolute atomic E-state index is 0.175. The van der Waals surface area contributed by atoms with Crippen LogP contribution in [0.5, 0.6) is 0 Å². The van der Waals surface area contributed by atoms with Crippen LogP contribution in [0.3, 0.4) is 0 Å². The van der Waals surface area contributed by atoms with E-state index in [-0.39, 0.29) is 10.8 Å². The quantitative estimate of drug-likeness (QED) is 0.726. The van der Waals surface area contributed by atoms with E-state index in [1.165, 1.54) is 4.88 Å². The van der Waals surface area contributed by atoms with Gasteiger partial charge in [0.2, 0.25) is 0 Å². The Balaban J connectivity index is 2.30. The summed E-state index contributed by atoms with van der Waals surface area (Å²) in [6, 6.07) is 9.56. The van der Waals surface area contributed by atoms with Gasteiger partial charge in [-0.05, 0) is 31.2 Å². The standard InChI is InChI=1S/C16H19ClFNS/c1-3-6-13(19-4-2)15-10-9-14(20-15)11-7-5-8-12(17)16(11)18/h5,7-10,13,19H,3-4,6H2,1-2H3. The predicted octanol–water partition coefficient (Wildman–Crippen LogP) is 5.66. The van der Waals surface area contributed by atoms with Gasteiger partial charge in [-0.1, -0.05) is 44.0 Å². The van der Waals surface area contributed by atoms with Gasteiger partial charge < -0.3 is 5.32 Å². The van der Waals surface area contributed by atoms with Crippen molar-refractivity contribution < 1.29 is 4.39 Å². The van der Waals surface area contributed by atoms with Crippen molar-refractivity contribution in [3.63, 3.8) is 0 Å². The van der Waals surface area contributed by atoms with E-state index < -0.39 is 0 Å². The first-order valence-electron chi connectivity index (χ1n) is 6.94. The molecule has 0 radical (unpaired) electrons. The van der Waals surface area contributed by atoms with E-state index >= 15 is 0 Å². The van der Waals surface area contributed by atoms with Crippen LogP contribution < -0.4 is 5.32 Å². The Labute approximate surface area is 128 Å². The lowest BCUT2D eigenvalue weighted by Gasteiger charge is -2.15. The zero-order valence-electron chi connectivity index (χ0n) is 11.7. The summed E-state index contributed by atoms with van der Waals surface area (Å²) in [4.78, 5) is 2.18. The van der Waals surface area contributed by atoms with Crippen LogP contribution in [0.1, 0.15) is 37.6 Å². The summed E-state index contributed by atoms with van der Waals surface area (Å²) < 4.78 is 14.1. The number of nitrogens with one attached hydrogen (secondary N) is 1. The van der Waals surface area contributed by atoms with E-state index in [1.54, 1.807) is 29.5 Å². The lowest BCUT2D eigenvalue weighted by molar-refractivity contribution is 0.516. The van der Waals surface area contributed by atoms with Gasteiger partial charge in [-0.25, -0.2) is 4.39 Å². The molecule has 1 aromatic heterocycles. The van der Waals surface area contributed by atoms with E-state index in [2.05, 4.69) is 25.2 Å². The lowest BCUT2D eigenvalue weighted by Crippen LogP contribution is -2.19. The number of benzene rings is 1. The van der Waals surface area contributed by atoms with Crippen LogP contribution in [0.15, 0.2) is 30.3 Å². The molecule has 0 aliphatic carbocycles. The zero-order chi connectivity index (χ0) is 14.5. The van der Waals surface area contributed by atoms with E-state index in [9.17, 15) is 4.39 Å². The highest BCUT2D eigenvalue weighted by molar-refractivity contribution is 7.15. The van der Waals surface area contributed by atoms with Crippen molar-refractivity contribution in [1.29, 1.82) is 0 Å². The Morgan fingerprint density at radius 2 is 2.05 bits per heavy atom. The third-order valence-corrected chi connectivity index (χ3v) is 4.74. The van der Waals surface area contributed by atoms with E-state index in [4.69, 9.17) is 11.6 Å². The normalized spacial score (nSPS) is 12.6. The highest BCUT2D eigenvalue weighted by Gasteiger charge is 2.15. The minimum Gasteiger partial charge on any atom is -0.310 e. The summed E-state index contributed by atoms with van der Waals surface area (Å²) >= 11 is 7.49. The van der Waals surface area contributed by atoms with Crippen molar-refractivity contribution in [2.24, 2.45) is 0 Å². The van der Waals surface area contributed by atoms with E-state index in [0.29, 0.717) is 11.6 Å². The van der Waals surface area contributed by atoms with Crippen molar-refractivity contribution in [3.05, 3.63) is 46.0 Å². The Hall–Kier alpha value is -0.900. The minimum atomic E-state index is -0.335. The molecular weight excluding hydrogens is 293 g/mol. The summed E-state index contributed by atoms with van der Waals surface area (Å²) in [5.41, 5.74) is 0.584. The topological polar surface area (TPSA) is 12.0 Å². The maximum Gasteiger partial charge on any atom is 0.150 e. The molecule has 0 bridgehead atoms. The van der Waals surface area contributed by atoms with Crippen molar-refractivity contribution in [1.82, 2.24) is 5.32 Å². The van der Waals surface area contributed by atoms with Gasteiger partial charge >= 0.3 is 0 Å². The maximum absolute atomic E-state index is 14.1. The zero-order valence-corrected chi connectivity index (χ0v) is 13.3. The molecule has 0 saturated carbocycles. The second-order valence-corrected chi connectivity index (χ2v) is 6.22. The molecule has 1 nitrogen and oxygen atoms in total. The van der Waals surface area contributed by atoms with Gasteiger partial charge in [0.05, 0.1) is 5.02 Å². The van der Waals surface area contributed by atoms with Gasteiger partial charge in [0.25, 0.3) is 0 Å². The van der Waals surface area contributed by atoms with Gasteiger partial charge in [-0.15, -0.1) is 11.3 Å². The SMILES string of the molecule is CCCC(NCC)c1ccc(-c2cccc(Cl)c2F)s1. The fourth-order valence-corrected chi connectivity index (χ4v) is 3.57. The molecular formula is C16H19ClFNS. The molecule has 1 atom stereocenters. The van der Waals surface area contributed by atoms with E-state index in [1.807, 2.05) is 6.07 Å². The molecule has 1 N–H and O–H groups in total. The Bertz CT molecular complexity index is 561. The second-order valence-electron chi connectivity index (χ2n) is 4.70. The number of halogens is 2. The number of rotatable bonds is 6. The van der Waals surface area contributed by atoms with Crippen LogP contribution in [-0.2, 0) is 0 Å². The first-order valence-corrected chi connectivity index (χ1v) is 8.14. The largest absolute Gasteiger partial charge is 0.310 e.